The van der Waals surface area contributed by atoms with Gasteiger partial charge in [-0.25, -0.2) is 0 Å². The second-order valence-electron chi connectivity index (χ2n) is 0.512. The van der Waals surface area contributed by atoms with Crippen molar-refractivity contribution in [3.63, 3.8) is 0 Å². The van der Waals surface area contributed by atoms with Crippen molar-refractivity contribution >= 4 is 0 Å². The van der Waals surface area contributed by atoms with Crippen molar-refractivity contribution in [1.29, 1.82) is 0 Å². The van der Waals surface area contributed by atoms with E-state index in [2.05, 4.69) is 17.3 Å². The van der Waals surface area contributed by atoms with E-state index in [-0.39, 0.29) is 0 Å². The van der Waals surface area contributed by atoms with Gasteiger partial charge in [0.25, 0.3) is 5.95 Å². The molecule has 30 valence electrons. The van der Waals surface area contributed by atoms with Gasteiger partial charge in [0.1, 0.15) is 0 Å². The number of hydrogen-bond donors (Lipinski definition) is 2. The number of rotatable bonds is 1. The molecule has 0 aromatic rings. The third kappa shape index (κ3) is 3.30. The molecule has 0 amide bonds. The Bertz CT molecular complexity index is 42.9. The summed E-state index contributed by atoms with van der Waals surface area (Å²) in [5.74, 6) is 3.85. The third-order valence-corrected chi connectivity index (χ3v) is 0.136. The van der Waals surface area contributed by atoms with Crippen LogP contribution in [0.5, 0.6) is 0 Å². The lowest BCUT2D eigenvalue weighted by Gasteiger charge is -1.85. The summed E-state index contributed by atoms with van der Waals surface area (Å²) >= 11 is 0. The Kier molecular flexibility index (Phi) is 1.38. The van der Waals surface area contributed by atoms with Crippen molar-refractivity contribution in [2.75, 3.05) is 0 Å². The first kappa shape index (κ1) is 4.30. The van der Waals surface area contributed by atoms with Crippen LogP contribution in [-0.4, -0.2) is 5.11 Å². The largest absolute Gasteiger partial charge is 0.480 e. The van der Waals surface area contributed by atoms with Gasteiger partial charge in [-0.15, -0.1) is 0 Å². The van der Waals surface area contributed by atoms with Gasteiger partial charge in [0, 0.05) is 0 Å². The maximum absolute atomic E-state index is 7.82. The summed E-state index contributed by atoms with van der Waals surface area (Å²) in [5, 5.41) is 7.82. The third-order valence-electron chi connectivity index (χ3n) is 0.136. The molecule has 0 rings (SSSR count). The fraction of sp³-hybridized carbons (Fsp3) is 0. The maximum Gasteiger partial charge on any atom is 0.289 e. The van der Waals surface area contributed by atoms with Crippen LogP contribution in [0.4, 0.5) is 0 Å². The Balaban J connectivity index is 2.85. The molecular formula is C2H5NO2. The van der Waals surface area contributed by atoms with Gasteiger partial charge in [-0.05, 0) is 6.58 Å². The van der Waals surface area contributed by atoms with Crippen molar-refractivity contribution < 1.29 is 9.94 Å². The van der Waals surface area contributed by atoms with Gasteiger partial charge >= 0.3 is 0 Å². The summed E-state index contributed by atoms with van der Waals surface area (Å²) in [6.45, 7) is 2.88. The minimum absolute atomic E-state index is 0.468. The Hall–Kier alpha value is -0.700. The number of nitrogens with two attached hydrogens (primary N) is 1. The monoisotopic (exact) mass is 75.0 g/mol. The average molecular weight is 75.1 g/mol. The van der Waals surface area contributed by atoms with E-state index in [0.717, 1.165) is 0 Å². The topological polar surface area (TPSA) is 55.5 Å². The first-order chi connectivity index (χ1) is 2.27. The number of aliphatic hydroxyl groups is 1. The number of aliphatic hydroxyl groups excluding tert-OH is 1. The molecule has 0 fully saturated rings. The van der Waals surface area contributed by atoms with Crippen LogP contribution >= 0.6 is 0 Å². The first-order valence-corrected chi connectivity index (χ1v) is 1.02. The van der Waals surface area contributed by atoms with E-state index >= 15 is 0 Å². The van der Waals surface area contributed by atoms with Crippen LogP contribution < -0.4 is 5.90 Å². The molecule has 0 atom stereocenters. The predicted octanol–water partition coefficient (Wildman–Crippen LogP) is -0.0941. The average Bonchev–Trinajstić information content (AvgIpc) is 1.38. The molecule has 0 aliphatic carbocycles. The molecule has 3 heteroatoms. The van der Waals surface area contributed by atoms with Crippen LogP contribution in [0.3, 0.4) is 0 Å². The number of hydrogen-bond acceptors (Lipinski definition) is 3. The smallest absolute Gasteiger partial charge is 0.289 e. The molecule has 0 heterocycles. The highest BCUT2D eigenvalue weighted by atomic mass is 16.7. The van der Waals surface area contributed by atoms with Gasteiger partial charge in [0.15, 0.2) is 0 Å². The molecule has 0 radical (unpaired) electrons. The van der Waals surface area contributed by atoms with Gasteiger partial charge in [0.05, 0.1) is 0 Å². The Morgan fingerprint density at radius 1 is 2.00 bits per heavy atom. The van der Waals surface area contributed by atoms with Crippen molar-refractivity contribution in [2.45, 2.75) is 0 Å². The van der Waals surface area contributed by atoms with Crippen LogP contribution in [0.1, 0.15) is 0 Å². The van der Waals surface area contributed by atoms with Crippen molar-refractivity contribution in [3.8, 4) is 0 Å². The molecule has 0 spiro atoms. The molecule has 0 aromatic carbocycles. The predicted molar refractivity (Wildman–Crippen MR) is 17.0 cm³/mol. The van der Waals surface area contributed by atoms with E-state index in [1.807, 2.05) is 0 Å². The summed E-state index contributed by atoms with van der Waals surface area (Å²) in [7, 11) is 0. The van der Waals surface area contributed by atoms with Crippen molar-refractivity contribution in [3.05, 3.63) is 12.5 Å². The molecular weight excluding hydrogens is 70.0 g/mol. The highest BCUT2D eigenvalue weighted by molar-refractivity contribution is 4.58. The van der Waals surface area contributed by atoms with Gasteiger partial charge in [-0.3, -0.25) is 0 Å². The van der Waals surface area contributed by atoms with Crippen LogP contribution in [0.15, 0.2) is 12.5 Å². The van der Waals surface area contributed by atoms with E-state index in [4.69, 9.17) is 5.11 Å². The quantitative estimate of drug-likeness (QED) is 0.338. The standard InChI is InChI=1S/C2H5NO2/c1-2(4)5-3/h4H,1,3H2. The van der Waals surface area contributed by atoms with Crippen LogP contribution in [0, 0.1) is 0 Å². The highest BCUT2D eigenvalue weighted by Gasteiger charge is 1.70. The van der Waals surface area contributed by atoms with Gasteiger partial charge in [-0.1, -0.05) is 0 Å². The van der Waals surface area contributed by atoms with E-state index in [0.29, 0.717) is 0 Å². The van der Waals surface area contributed by atoms with Crippen molar-refractivity contribution in [1.82, 2.24) is 0 Å². The van der Waals surface area contributed by atoms with Gasteiger partial charge < -0.3 is 9.94 Å². The molecule has 0 saturated carbocycles. The molecule has 0 unspecified atom stereocenters. The summed E-state index contributed by atoms with van der Waals surface area (Å²) < 4.78 is 0. The van der Waals surface area contributed by atoms with Crippen LogP contribution in [0.2, 0.25) is 0 Å². The second-order valence-corrected chi connectivity index (χ2v) is 0.512. The minimum Gasteiger partial charge on any atom is -0.480 e. The summed E-state index contributed by atoms with van der Waals surface area (Å²) in [4.78, 5) is 3.61. The molecule has 0 saturated heterocycles. The maximum atomic E-state index is 7.82. The van der Waals surface area contributed by atoms with Crippen LogP contribution in [0.25, 0.3) is 0 Å². The van der Waals surface area contributed by atoms with Gasteiger partial charge in [-0.2, -0.15) is 5.90 Å². The van der Waals surface area contributed by atoms with Crippen molar-refractivity contribution in [2.24, 2.45) is 5.90 Å². The molecule has 0 aliphatic rings. The highest BCUT2D eigenvalue weighted by Crippen LogP contribution is 1.70. The minimum atomic E-state index is -0.468. The molecule has 0 aromatic heterocycles. The lowest BCUT2D eigenvalue weighted by atomic mass is 11.1. The summed E-state index contributed by atoms with van der Waals surface area (Å²) in [6, 6.07) is 0. The fourth-order valence-corrected chi connectivity index (χ4v) is 0. The lowest BCUT2D eigenvalue weighted by molar-refractivity contribution is 0.0968. The van der Waals surface area contributed by atoms with E-state index in [1.165, 1.54) is 0 Å². The van der Waals surface area contributed by atoms with E-state index < -0.39 is 5.95 Å². The second kappa shape index (κ2) is 1.60. The Morgan fingerprint density at radius 2 is 2.20 bits per heavy atom. The molecule has 0 bridgehead atoms. The van der Waals surface area contributed by atoms with Crippen LogP contribution in [-0.2, 0) is 4.84 Å². The zero-order valence-corrected chi connectivity index (χ0v) is 2.64. The lowest BCUT2D eigenvalue weighted by Crippen LogP contribution is -1.94. The zero-order chi connectivity index (χ0) is 4.28. The summed E-state index contributed by atoms with van der Waals surface area (Å²) in [6.07, 6.45) is 0. The van der Waals surface area contributed by atoms with Gasteiger partial charge in [0.2, 0.25) is 0 Å². The first-order valence-electron chi connectivity index (χ1n) is 1.02. The van der Waals surface area contributed by atoms with E-state index in [9.17, 15) is 0 Å². The Labute approximate surface area is 29.6 Å². The fourth-order valence-electron chi connectivity index (χ4n) is 0. The normalized spacial score (nSPS) is 6.60. The van der Waals surface area contributed by atoms with E-state index in [1.54, 1.807) is 0 Å². The summed E-state index contributed by atoms with van der Waals surface area (Å²) in [5.41, 5.74) is 0. The zero-order valence-electron chi connectivity index (χ0n) is 2.64. The molecule has 5 heavy (non-hydrogen) atoms. The Morgan fingerprint density at radius 3 is 2.20 bits per heavy atom. The molecule has 3 N–H and O–H groups in total. The SMILES string of the molecule is C=C(O)ON. The molecule has 3 nitrogen and oxygen atoms in total. The molecule has 0 aliphatic heterocycles.